The molecular weight excluding hydrogens is 230 g/mol. The lowest BCUT2D eigenvalue weighted by atomic mass is 10.2. The molecule has 16 heavy (non-hydrogen) atoms. The number of benzene rings is 1. The van der Waals surface area contributed by atoms with Gasteiger partial charge in [-0.15, -0.1) is 0 Å². The molecule has 1 aromatic rings. The first-order chi connectivity index (χ1) is 7.52. The number of aliphatic carboxylic acids is 1. The summed E-state index contributed by atoms with van der Waals surface area (Å²) in [5.74, 6) is -0.221. The lowest BCUT2D eigenvalue weighted by Gasteiger charge is -2.10. The summed E-state index contributed by atoms with van der Waals surface area (Å²) >= 11 is 5.88. The van der Waals surface area contributed by atoms with Crippen LogP contribution in [0.4, 0.5) is 0 Å². The smallest absolute Gasteiger partial charge is 0.320 e. The summed E-state index contributed by atoms with van der Waals surface area (Å²) in [5.41, 5.74) is 0.887. The van der Waals surface area contributed by atoms with Gasteiger partial charge >= 0.3 is 5.97 Å². The molecule has 0 aromatic heterocycles. The van der Waals surface area contributed by atoms with E-state index < -0.39 is 12.0 Å². The molecule has 0 saturated carbocycles. The van der Waals surface area contributed by atoms with Crippen molar-refractivity contribution in [2.45, 2.75) is 19.5 Å². The van der Waals surface area contributed by atoms with Gasteiger partial charge in [-0.05, 0) is 30.7 Å². The number of carbonyl (C=O) groups is 1. The van der Waals surface area contributed by atoms with Crippen LogP contribution in [-0.2, 0) is 11.3 Å². The van der Waals surface area contributed by atoms with Crippen LogP contribution in [0.3, 0.4) is 0 Å². The van der Waals surface area contributed by atoms with Crippen molar-refractivity contribution in [3.05, 3.63) is 28.8 Å². The Bertz CT molecular complexity index is 381. The number of hydrogen-bond acceptors (Lipinski definition) is 3. The molecule has 0 aliphatic rings. The third-order valence-electron chi connectivity index (χ3n) is 2.15. The molecule has 0 saturated heterocycles. The van der Waals surface area contributed by atoms with Crippen molar-refractivity contribution in [3.8, 4) is 5.75 Å². The Labute approximate surface area is 99.2 Å². The predicted molar refractivity (Wildman–Crippen MR) is 61.9 cm³/mol. The number of methoxy groups -OCH3 is 1. The molecular formula is C11H14ClNO3. The van der Waals surface area contributed by atoms with Crippen molar-refractivity contribution in [2.24, 2.45) is 0 Å². The van der Waals surface area contributed by atoms with Gasteiger partial charge in [0, 0.05) is 11.6 Å². The highest BCUT2D eigenvalue weighted by Gasteiger charge is 2.09. The SMILES string of the molecule is COc1cc(Cl)cc(CN[C@H](C)C(=O)O)c1. The van der Waals surface area contributed by atoms with Crippen molar-refractivity contribution in [2.75, 3.05) is 7.11 Å². The van der Waals surface area contributed by atoms with Crippen LogP contribution in [0.1, 0.15) is 12.5 Å². The van der Waals surface area contributed by atoms with Gasteiger partial charge in [0.05, 0.1) is 7.11 Å². The fourth-order valence-electron chi connectivity index (χ4n) is 1.20. The highest BCUT2D eigenvalue weighted by atomic mass is 35.5. The normalized spacial score (nSPS) is 12.2. The third-order valence-corrected chi connectivity index (χ3v) is 2.37. The Morgan fingerprint density at radius 2 is 2.25 bits per heavy atom. The number of carboxylic acids is 1. The summed E-state index contributed by atoms with van der Waals surface area (Å²) in [6.07, 6.45) is 0. The molecule has 0 amide bonds. The van der Waals surface area contributed by atoms with Crippen LogP contribution in [0.15, 0.2) is 18.2 Å². The van der Waals surface area contributed by atoms with Crippen LogP contribution in [0, 0.1) is 0 Å². The van der Waals surface area contributed by atoms with E-state index in [9.17, 15) is 4.79 Å². The number of carboxylic acid groups (broad SMARTS) is 1. The molecule has 0 aliphatic heterocycles. The van der Waals surface area contributed by atoms with E-state index in [0.29, 0.717) is 17.3 Å². The van der Waals surface area contributed by atoms with E-state index in [-0.39, 0.29) is 0 Å². The molecule has 0 heterocycles. The Morgan fingerprint density at radius 1 is 1.56 bits per heavy atom. The zero-order valence-corrected chi connectivity index (χ0v) is 9.91. The fraction of sp³-hybridized carbons (Fsp3) is 0.364. The second-order valence-corrected chi connectivity index (χ2v) is 3.88. The minimum absolute atomic E-state index is 0.435. The van der Waals surface area contributed by atoms with E-state index in [0.717, 1.165) is 5.56 Å². The molecule has 1 aromatic carbocycles. The predicted octanol–water partition coefficient (Wildman–Crippen LogP) is 1.91. The van der Waals surface area contributed by atoms with Gasteiger partial charge < -0.3 is 15.2 Å². The number of ether oxygens (including phenoxy) is 1. The first-order valence-electron chi connectivity index (χ1n) is 4.82. The molecule has 4 nitrogen and oxygen atoms in total. The lowest BCUT2D eigenvalue weighted by Crippen LogP contribution is -2.33. The summed E-state index contributed by atoms with van der Waals surface area (Å²) in [7, 11) is 1.56. The van der Waals surface area contributed by atoms with E-state index in [1.54, 1.807) is 26.2 Å². The van der Waals surface area contributed by atoms with E-state index in [4.69, 9.17) is 21.4 Å². The molecule has 88 valence electrons. The number of halogens is 1. The standard InChI is InChI=1S/C11H14ClNO3/c1-7(11(14)15)13-6-8-3-9(12)5-10(4-8)16-2/h3-5,7,13H,6H2,1-2H3,(H,14,15)/t7-/m1/s1. The Hall–Kier alpha value is -1.26. The molecule has 0 spiro atoms. The van der Waals surface area contributed by atoms with Crippen LogP contribution < -0.4 is 10.1 Å². The molecule has 0 aliphatic carbocycles. The topological polar surface area (TPSA) is 58.6 Å². The molecule has 1 rings (SSSR count). The second-order valence-electron chi connectivity index (χ2n) is 3.44. The molecule has 5 heteroatoms. The average molecular weight is 244 g/mol. The largest absolute Gasteiger partial charge is 0.497 e. The van der Waals surface area contributed by atoms with Gasteiger partial charge in [0.2, 0.25) is 0 Å². The summed E-state index contributed by atoms with van der Waals surface area (Å²) in [6, 6.07) is 4.69. The summed E-state index contributed by atoms with van der Waals surface area (Å²) < 4.78 is 5.06. The number of nitrogens with one attached hydrogen (secondary N) is 1. The van der Waals surface area contributed by atoms with Crippen LogP contribution in [0.25, 0.3) is 0 Å². The zero-order chi connectivity index (χ0) is 12.1. The number of hydrogen-bond donors (Lipinski definition) is 2. The van der Waals surface area contributed by atoms with Gasteiger partial charge in [-0.1, -0.05) is 11.6 Å². The monoisotopic (exact) mass is 243 g/mol. The Kier molecular flexibility index (Phi) is 4.58. The van der Waals surface area contributed by atoms with E-state index in [2.05, 4.69) is 5.32 Å². The summed E-state index contributed by atoms with van der Waals surface area (Å²) in [6.45, 7) is 2.02. The summed E-state index contributed by atoms with van der Waals surface area (Å²) in [4.78, 5) is 10.6. The van der Waals surface area contributed by atoms with Crippen LogP contribution in [-0.4, -0.2) is 24.2 Å². The second kappa shape index (κ2) is 5.72. The fourth-order valence-corrected chi connectivity index (χ4v) is 1.45. The van der Waals surface area contributed by atoms with Crippen molar-refractivity contribution in [1.29, 1.82) is 0 Å². The molecule has 0 radical (unpaired) electrons. The van der Waals surface area contributed by atoms with E-state index in [1.165, 1.54) is 0 Å². The molecule has 1 atom stereocenters. The minimum Gasteiger partial charge on any atom is -0.497 e. The average Bonchev–Trinajstić information content (AvgIpc) is 2.24. The van der Waals surface area contributed by atoms with Crippen molar-refractivity contribution in [3.63, 3.8) is 0 Å². The van der Waals surface area contributed by atoms with Crippen LogP contribution in [0.2, 0.25) is 5.02 Å². The van der Waals surface area contributed by atoms with E-state index in [1.807, 2.05) is 6.07 Å². The Morgan fingerprint density at radius 3 is 2.81 bits per heavy atom. The van der Waals surface area contributed by atoms with Gasteiger partial charge in [-0.25, -0.2) is 0 Å². The first-order valence-corrected chi connectivity index (χ1v) is 5.20. The van der Waals surface area contributed by atoms with Gasteiger partial charge in [0.25, 0.3) is 0 Å². The molecule has 0 fully saturated rings. The van der Waals surface area contributed by atoms with Crippen molar-refractivity contribution >= 4 is 17.6 Å². The van der Waals surface area contributed by atoms with Gasteiger partial charge in [0.1, 0.15) is 11.8 Å². The number of rotatable bonds is 5. The third kappa shape index (κ3) is 3.72. The summed E-state index contributed by atoms with van der Waals surface area (Å²) in [5, 5.41) is 12.1. The first kappa shape index (κ1) is 12.8. The molecule has 2 N–H and O–H groups in total. The van der Waals surface area contributed by atoms with E-state index >= 15 is 0 Å². The maximum atomic E-state index is 10.6. The van der Waals surface area contributed by atoms with Gasteiger partial charge in [0.15, 0.2) is 0 Å². The van der Waals surface area contributed by atoms with Gasteiger partial charge in [-0.3, -0.25) is 4.79 Å². The quantitative estimate of drug-likeness (QED) is 0.830. The zero-order valence-electron chi connectivity index (χ0n) is 9.16. The maximum absolute atomic E-state index is 10.6. The van der Waals surface area contributed by atoms with Crippen molar-refractivity contribution in [1.82, 2.24) is 5.32 Å². The van der Waals surface area contributed by atoms with Crippen LogP contribution in [0.5, 0.6) is 5.75 Å². The molecule has 0 bridgehead atoms. The Balaban J connectivity index is 2.66. The molecule has 0 unspecified atom stereocenters. The highest BCUT2D eigenvalue weighted by molar-refractivity contribution is 6.30. The maximum Gasteiger partial charge on any atom is 0.320 e. The highest BCUT2D eigenvalue weighted by Crippen LogP contribution is 2.20. The van der Waals surface area contributed by atoms with Crippen LogP contribution >= 0.6 is 11.6 Å². The lowest BCUT2D eigenvalue weighted by molar-refractivity contribution is -0.139. The minimum atomic E-state index is -0.881. The van der Waals surface area contributed by atoms with Gasteiger partial charge in [-0.2, -0.15) is 0 Å². The van der Waals surface area contributed by atoms with Crippen molar-refractivity contribution < 1.29 is 14.6 Å².